The fourth-order valence-corrected chi connectivity index (χ4v) is 7.69. The third-order valence-corrected chi connectivity index (χ3v) is 10.0. The standard InChI is InChI=1S/C35H39N5O4/c1-35-28(34(43)39-16-5-2-6-17-39)20-24(22-31(41)37-15-12-25-8-3-4-14-36-25)33(42)40(35)18-13-27-26-11-10-23(30-9-7-19-44-30)21-29(26)38-32(27)35/h3-4,7-11,14,19,21,24,28,38H,2,5-6,12-13,15-18,20,22H2,1H3,(H,37,41)/t24-,28-,35+/m1/s1. The molecule has 3 aromatic heterocycles. The van der Waals surface area contributed by atoms with E-state index in [0.29, 0.717) is 32.4 Å². The number of hydrogen-bond donors (Lipinski definition) is 2. The van der Waals surface area contributed by atoms with Gasteiger partial charge < -0.3 is 24.5 Å². The smallest absolute Gasteiger partial charge is 0.228 e. The van der Waals surface area contributed by atoms with E-state index in [9.17, 15) is 14.4 Å². The Hall–Kier alpha value is -4.40. The highest BCUT2D eigenvalue weighted by Gasteiger charge is 2.57. The number of nitrogens with zero attached hydrogens (tertiary/aromatic N) is 3. The molecule has 9 nitrogen and oxygen atoms in total. The van der Waals surface area contributed by atoms with Crippen molar-refractivity contribution in [3.05, 3.63) is 77.9 Å². The summed E-state index contributed by atoms with van der Waals surface area (Å²) < 4.78 is 5.64. The van der Waals surface area contributed by atoms with E-state index in [1.54, 1.807) is 12.5 Å². The SMILES string of the molecule is C[C@]12c3[nH]c4cc(-c5ccco5)ccc4c3CCN1C(=O)[C@@H](CC(=O)NCCc1ccccn1)C[C@@H]2C(=O)N1CCCCC1. The molecule has 2 fully saturated rings. The first-order chi connectivity index (χ1) is 21.4. The highest BCUT2D eigenvalue weighted by Crippen LogP contribution is 2.50. The monoisotopic (exact) mass is 593 g/mol. The Kier molecular flexibility index (Phi) is 7.48. The summed E-state index contributed by atoms with van der Waals surface area (Å²) in [5.41, 5.74) is 4.12. The van der Waals surface area contributed by atoms with E-state index in [-0.39, 0.29) is 24.1 Å². The minimum Gasteiger partial charge on any atom is -0.464 e. The van der Waals surface area contributed by atoms with Crippen LogP contribution in [0.25, 0.3) is 22.2 Å². The van der Waals surface area contributed by atoms with Crippen molar-refractivity contribution < 1.29 is 18.8 Å². The van der Waals surface area contributed by atoms with E-state index >= 15 is 0 Å². The summed E-state index contributed by atoms with van der Waals surface area (Å²) in [7, 11) is 0. The number of furan rings is 1. The van der Waals surface area contributed by atoms with Crippen molar-refractivity contribution in [3.8, 4) is 11.3 Å². The molecule has 0 radical (unpaired) electrons. The zero-order valence-electron chi connectivity index (χ0n) is 25.2. The first kappa shape index (κ1) is 28.4. The molecule has 6 heterocycles. The molecule has 0 saturated carbocycles. The summed E-state index contributed by atoms with van der Waals surface area (Å²) in [6, 6.07) is 15.8. The maximum absolute atomic E-state index is 14.4. The highest BCUT2D eigenvalue weighted by molar-refractivity contribution is 5.93. The Labute approximate surface area is 257 Å². The highest BCUT2D eigenvalue weighted by atomic mass is 16.3. The Morgan fingerprint density at radius 1 is 1.09 bits per heavy atom. The number of benzene rings is 1. The van der Waals surface area contributed by atoms with E-state index in [4.69, 9.17) is 4.42 Å². The number of carbonyl (C=O) groups is 3. The average molecular weight is 594 g/mol. The van der Waals surface area contributed by atoms with Crippen molar-refractivity contribution in [2.45, 2.75) is 57.4 Å². The van der Waals surface area contributed by atoms with Gasteiger partial charge in [-0.05, 0) is 74.9 Å². The Bertz CT molecular complexity index is 1670. The number of nitrogens with one attached hydrogen (secondary N) is 2. The molecule has 44 heavy (non-hydrogen) atoms. The normalized spacial score (nSPS) is 23.3. The average Bonchev–Trinajstić information content (AvgIpc) is 3.72. The molecular weight excluding hydrogens is 554 g/mol. The van der Waals surface area contributed by atoms with Crippen molar-refractivity contribution in [1.82, 2.24) is 25.1 Å². The van der Waals surface area contributed by atoms with Crippen LogP contribution >= 0.6 is 0 Å². The van der Waals surface area contributed by atoms with Crippen molar-refractivity contribution in [2.24, 2.45) is 11.8 Å². The van der Waals surface area contributed by atoms with E-state index in [0.717, 1.165) is 66.0 Å². The number of likely N-dealkylation sites (tertiary alicyclic amines) is 1. The van der Waals surface area contributed by atoms with Crippen molar-refractivity contribution >= 4 is 28.6 Å². The molecule has 2 saturated heterocycles. The number of hydrogen-bond acceptors (Lipinski definition) is 5. The molecular formula is C35H39N5O4. The van der Waals surface area contributed by atoms with Gasteiger partial charge in [-0.25, -0.2) is 0 Å². The molecule has 2 N–H and O–H groups in total. The first-order valence-corrected chi connectivity index (χ1v) is 15.9. The summed E-state index contributed by atoms with van der Waals surface area (Å²) >= 11 is 0. The van der Waals surface area contributed by atoms with Crippen molar-refractivity contribution in [2.75, 3.05) is 26.2 Å². The molecule has 0 spiro atoms. The summed E-state index contributed by atoms with van der Waals surface area (Å²) in [6.07, 6.45) is 8.25. The molecule has 3 aliphatic rings. The predicted octanol–water partition coefficient (Wildman–Crippen LogP) is 4.82. The van der Waals surface area contributed by atoms with E-state index in [1.807, 2.05) is 40.1 Å². The molecule has 228 valence electrons. The number of aromatic nitrogens is 2. The third-order valence-electron chi connectivity index (χ3n) is 10.0. The fourth-order valence-electron chi connectivity index (χ4n) is 7.69. The molecule has 3 atom stereocenters. The Morgan fingerprint density at radius 2 is 1.95 bits per heavy atom. The molecule has 4 aromatic rings. The first-order valence-electron chi connectivity index (χ1n) is 15.9. The van der Waals surface area contributed by atoms with Crippen LogP contribution in [0.5, 0.6) is 0 Å². The van der Waals surface area contributed by atoms with Crippen LogP contribution in [0.4, 0.5) is 0 Å². The summed E-state index contributed by atoms with van der Waals surface area (Å²) in [4.78, 5) is 53.5. The number of rotatable bonds is 7. The van der Waals surface area contributed by atoms with Gasteiger partial charge in [0.05, 0.1) is 17.7 Å². The maximum atomic E-state index is 14.4. The van der Waals surface area contributed by atoms with Crippen LogP contribution in [0.2, 0.25) is 0 Å². The van der Waals surface area contributed by atoms with E-state index < -0.39 is 17.4 Å². The van der Waals surface area contributed by atoms with Crippen LogP contribution < -0.4 is 5.32 Å². The largest absolute Gasteiger partial charge is 0.464 e. The number of piperidine rings is 2. The molecule has 3 amide bonds. The summed E-state index contributed by atoms with van der Waals surface area (Å²) in [5, 5.41) is 4.09. The molecule has 9 heteroatoms. The van der Waals surface area contributed by atoms with Gasteiger partial charge in [0.25, 0.3) is 0 Å². The second-order valence-corrected chi connectivity index (χ2v) is 12.6. The molecule has 0 unspecified atom stereocenters. The quantitative estimate of drug-likeness (QED) is 0.319. The van der Waals surface area contributed by atoms with Gasteiger partial charge in [-0.15, -0.1) is 0 Å². The number of pyridine rings is 1. The Balaban J connectivity index is 1.19. The van der Waals surface area contributed by atoms with Crippen LogP contribution in [0.3, 0.4) is 0 Å². The predicted molar refractivity (Wildman–Crippen MR) is 166 cm³/mol. The molecule has 0 aliphatic carbocycles. The van der Waals surface area contributed by atoms with Gasteiger partial charge in [-0.3, -0.25) is 19.4 Å². The van der Waals surface area contributed by atoms with Gasteiger partial charge in [-0.2, -0.15) is 0 Å². The lowest BCUT2D eigenvalue weighted by molar-refractivity contribution is -0.164. The van der Waals surface area contributed by atoms with Gasteiger partial charge >= 0.3 is 0 Å². The van der Waals surface area contributed by atoms with Gasteiger partial charge in [0.15, 0.2) is 0 Å². The van der Waals surface area contributed by atoms with Crippen LogP contribution in [0.15, 0.2) is 65.4 Å². The maximum Gasteiger partial charge on any atom is 0.228 e. The van der Waals surface area contributed by atoms with Crippen LogP contribution in [0, 0.1) is 11.8 Å². The lowest BCUT2D eigenvalue weighted by Gasteiger charge is -2.54. The number of aromatic amines is 1. The lowest BCUT2D eigenvalue weighted by atomic mass is 9.67. The molecule has 0 bridgehead atoms. The minimum atomic E-state index is -0.838. The van der Waals surface area contributed by atoms with Crippen LogP contribution in [-0.2, 0) is 32.8 Å². The second kappa shape index (κ2) is 11.6. The van der Waals surface area contributed by atoms with Gasteiger partial charge in [0.1, 0.15) is 5.76 Å². The zero-order chi connectivity index (χ0) is 30.3. The summed E-state index contributed by atoms with van der Waals surface area (Å²) in [6.45, 7) is 4.50. The van der Waals surface area contributed by atoms with Crippen LogP contribution in [0.1, 0.15) is 56.0 Å². The Morgan fingerprint density at radius 3 is 2.73 bits per heavy atom. The fraction of sp³-hybridized carbons (Fsp3) is 0.429. The number of amides is 3. The number of carbonyl (C=O) groups excluding carboxylic acids is 3. The third kappa shape index (κ3) is 4.98. The number of H-pyrrole nitrogens is 1. The van der Waals surface area contributed by atoms with Crippen molar-refractivity contribution in [3.63, 3.8) is 0 Å². The van der Waals surface area contributed by atoms with Crippen LogP contribution in [-0.4, -0.2) is 63.7 Å². The van der Waals surface area contributed by atoms with Gasteiger partial charge in [0, 0.05) is 79.0 Å². The number of fused-ring (bicyclic) bond motifs is 5. The lowest BCUT2D eigenvalue weighted by Crippen LogP contribution is -2.64. The van der Waals surface area contributed by atoms with E-state index in [1.165, 1.54) is 5.56 Å². The van der Waals surface area contributed by atoms with Crippen molar-refractivity contribution in [1.29, 1.82) is 0 Å². The topological polar surface area (TPSA) is 112 Å². The molecule has 7 rings (SSSR count). The van der Waals surface area contributed by atoms with Gasteiger partial charge in [-0.1, -0.05) is 18.2 Å². The zero-order valence-corrected chi connectivity index (χ0v) is 25.2. The second-order valence-electron chi connectivity index (χ2n) is 12.6. The molecule has 3 aliphatic heterocycles. The van der Waals surface area contributed by atoms with Gasteiger partial charge in [0.2, 0.25) is 17.7 Å². The van der Waals surface area contributed by atoms with E-state index in [2.05, 4.69) is 40.4 Å². The molecule has 1 aromatic carbocycles. The minimum absolute atomic E-state index is 0.0457. The summed E-state index contributed by atoms with van der Waals surface area (Å²) in [5.74, 6) is -0.335.